The van der Waals surface area contributed by atoms with Gasteiger partial charge in [-0.2, -0.15) is 0 Å². The minimum Gasteiger partial charge on any atom is -0.394 e. The van der Waals surface area contributed by atoms with Gasteiger partial charge in [0.15, 0.2) is 0 Å². The molecule has 1 fully saturated rings. The summed E-state index contributed by atoms with van der Waals surface area (Å²) in [7, 11) is 0. The largest absolute Gasteiger partial charge is 0.394 e. The predicted octanol–water partition coefficient (Wildman–Crippen LogP) is 2.42. The topological polar surface area (TPSA) is 61.4 Å². The molecule has 2 amide bonds. The molecular formula is C16H21FN2O2. The molecular weight excluding hydrogens is 271 g/mol. The van der Waals surface area contributed by atoms with Gasteiger partial charge >= 0.3 is 6.03 Å². The van der Waals surface area contributed by atoms with Crippen LogP contribution in [0.15, 0.2) is 18.2 Å². The monoisotopic (exact) mass is 292 g/mol. The number of carbonyl (C=O) groups is 1. The molecule has 4 nitrogen and oxygen atoms in total. The fourth-order valence-corrected chi connectivity index (χ4v) is 3.57. The highest BCUT2D eigenvalue weighted by Crippen LogP contribution is 2.33. The third kappa shape index (κ3) is 2.75. The number of nitrogens with one attached hydrogen (secondary N) is 2. The first-order valence-corrected chi connectivity index (χ1v) is 7.60. The highest BCUT2D eigenvalue weighted by Gasteiger charge is 2.35. The summed E-state index contributed by atoms with van der Waals surface area (Å²) in [6, 6.07) is 4.59. The molecule has 0 saturated heterocycles. The molecule has 1 aromatic rings. The van der Waals surface area contributed by atoms with Crippen LogP contribution >= 0.6 is 0 Å². The third-order valence-corrected chi connectivity index (χ3v) is 4.76. The van der Waals surface area contributed by atoms with Crippen molar-refractivity contribution >= 4 is 6.03 Å². The number of aliphatic hydroxyl groups excluding tert-OH is 1. The fraction of sp³-hybridized carbons (Fsp3) is 0.562. The van der Waals surface area contributed by atoms with E-state index in [1.54, 1.807) is 6.07 Å². The number of hydrogen-bond donors (Lipinski definition) is 3. The van der Waals surface area contributed by atoms with Crippen LogP contribution in [0.5, 0.6) is 0 Å². The van der Waals surface area contributed by atoms with Crippen LogP contribution in [0.25, 0.3) is 0 Å². The van der Waals surface area contributed by atoms with E-state index in [2.05, 4.69) is 10.6 Å². The van der Waals surface area contributed by atoms with E-state index >= 15 is 0 Å². The molecule has 1 saturated carbocycles. The Labute approximate surface area is 123 Å². The zero-order chi connectivity index (χ0) is 14.9. The Hall–Kier alpha value is -1.62. The van der Waals surface area contributed by atoms with Crippen LogP contribution < -0.4 is 10.6 Å². The molecule has 21 heavy (non-hydrogen) atoms. The van der Waals surface area contributed by atoms with E-state index in [1.807, 2.05) is 6.07 Å². The second-order valence-electron chi connectivity index (χ2n) is 6.14. The van der Waals surface area contributed by atoms with Gasteiger partial charge in [0, 0.05) is 0 Å². The van der Waals surface area contributed by atoms with Gasteiger partial charge in [-0.15, -0.1) is 0 Å². The molecule has 0 aliphatic heterocycles. The van der Waals surface area contributed by atoms with E-state index in [9.17, 15) is 14.3 Å². The average molecular weight is 292 g/mol. The second-order valence-corrected chi connectivity index (χ2v) is 6.14. The van der Waals surface area contributed by atoms with Crippen LogP contribution in [-0.4, -0.2) is 23.3 Å². The zero-order valence-electron chi connectivity index (χ0n) is 12.0. The van der Waals surface area contributed by atoms with Crippen LogP contribution in [-0.2, 0) is 6.42 Å². The molecule has 114 valence electrons. The molecule has 0 aromatic heterocycles. The van der Waals surface area contributed by atoms with E-state index < -0.39 is 5.54 Å². The molecule has 5 heteroatoms. The average Bonchev–Trinajstić information content (AvgIpc) is 3.08. The standard InChI is InChI=1S/C16H21FN2O2/c17-13-5-3-4-12-11(13)6-7-14(12)18-15(21)19-16(10-20)8-1-2-9-16/h3-5,14,20H,1-2,6-10H2,(H2,18,19,21). The first kappa shape index (κ1) is 14.3. The maximum atomic E-state index is 13.7. The number of carbonyl (C=O) groups excluding carboxylic acids is 1. The van der Waals surface area contributed by atoms with Crippen molar-refractivity contribution in [2.45, 2.75) is 50.1 Å². The molecule has 3 rings (SSSR count). The van der Waals surface area contributed by atoms with Crippen molar-refractivity contribution in [2.75, 3.05) is 6.61 Å². The van der Waals surface area contributed by atoms with Crippen molar-refractivity contribution in [3.63, 3.8) is 0 Å². The lowest BCUT2D eigenvalue weighted by atomic mass is 9.99. The normalized spacial score (nSPS) is 22.9. The van der Waals surface area contributed by atoms with Gasteiger partial charge in [-0.25, -0.2) is 9.18 Å². The van der Waals surface area contributed by atoms with Gasteiger partial charge < -0.3 is 15.7 Å². The van der Waals surface area contributed by atoms with Crippen molar-refractivity contribution < 1.29 is 14.3 Å². The lowest BCUT2D eigenvalue weighted by Crippen LogP contribution is -2.53. The van der Waals surface area contributed by atoms with Gasteiger partial charge in [0.1, 0.15) is 5.82 Å². The summed E-state index contributed by atoms with van der Waals surface area (Å²) in [5.41, 5.74) is 1.10. The Morgan fingerprint density at radius 1 is 1.38 bits per heavy atom. The van der Waals surface area contributed by atoms with Crippen molar-refractivity contribution in [3.05, 3.63) is 35.1 Å². The van der Waals surface area contributed by atoms with Crippen molar-refractivity contribution in [2.24, 2.45) is 0 Å². The molecule has 0 radical (unpaired) electrons. The zero-order valence-corrected chi connectivity index (χ0v) is 12.0. The summed E-state index contributed by atoms with van der Waals surface area (Å²) in [4.78, 5) is 12.2. The number of aliphatic hydroxyl groups is 1. The molecule has 1 unspecified atom stereocenters. The molecule has 0 spiro atoms. The van der Waals surface area contributed by atoms with Crippen LogP contribution in [0.1, 0.15) is 49.3 Å². The number of fused-ring (bicyclic) bond motifs is 1. The highest BCUT2D eigenvalue weighted by atomic mass is 19.1. The summed E-state index contributed by atoms with van der Waals surface area (Å²) in [6.07, 6.45) is 5.05. The summed E-state index contributed by atoms with van der Waals surface area (Å²) < 4.78 is 13.7. The number of hydrogen-bond acceptors (Lipinski definition) is 2. The first-order valence-electron chi connectivity index (χ1n) is 7.60. The predicted molar refractivity (Wildman–Crippen MR) is 77.4 cm³/mol. The maximum Gasteiger partial charge on any atom is 0.315 e. The van der Waals surface area contributed by atoms with Gasteiger partial charge in [0.2, 0.25) is 0 Å². The molecule has 0 bridgehead atoms. The van der Waals surface area contributed by atoms with E-state index in [-0.39, 0.29) is 24.5 Å². The first-order chi connectivity index (χ1) is 10.1. The molecule has 1 atom stereocenters. The van der Waals surface area contributed by atoms with E-state index in [0.29, 0.717) is 12.0 Å². The van der Waals surface area contributed by atoms with Crippen molar-refractivity contribution in [1.29, 1.82) is 0 Å². The lowest BCUT2D eigenvalue weighted by Gasteiger charge is -2.29. The Bertz CT molecular complexity index is 541. The van der Waals surface area contributed by atoms with Gasteiger partial charge in [-0.3, -0.25) is 0 Å². The Morgan fingerprint density at radius 2 is 2.14 bits per heavy atom. The van der Waals surface area contributed by atoms with Gasteiger partial charge in [0.25, 0.3) is 0 Å². The SMILES string of the molecule is O=C(NC1CCc2c(F)cccc21)NC1(CO)CCCC1. The molecule has 0 heterocycles. The van der Waals surface area contributed by atoms with Crippen LogP contribution in [0.3, 0.4) is 0 Å². The Kier molecular flexibility index (Phi) is 3.85. The lowest BCUT2D eigenvalue weighted by molar-refractivity contribution is 0.161. The van der Waals surface area contributed by atoms with Gasteiger partial charge in [0.05, 0.1) is 18.2 Å². The highest BCUT2D eigenvalue weighted by molar-refractivity contribution is 5.75. The number of urea groups is 1. The molecule has 1 aromatic carbocycles. The summed E-state index contributed by atoms with van der Waals surface area (Å²) in [6.45, 7) is -0.0314. The summed E-state index contributed by atoms with van der Waals surface area (Å²) in [5.74, 6) is -0.195. The van der Waals surface area contributed by atoms with Crippen LogP contribution in [0, 0.1) is 5.82 Å². The molecule has 3 N–H and O–H groups in total. The number of amides is 2. The van der Waals surface area contributed by atoms with Crippen molar-refractivity contribution in [3.8, 4) is 0 Å². The summed E-state index contributed by atoms with van der Waals surface area (Å²) >= 11 is 0. The Balaban J connectivity index is 1.66. The second kappa shape index (κ2) is 5.64. The van der Waals surface area contributed by atoms with Crippen molar-refractivity contribution in [1.82, 2.24) is 10.6 Å². The molecule has 2 aliphatic carbocycles. The smallest absolute Gasteiger partial charge is 0.315 e. The fourth-order valence-electron chi connectivity index (χ4n) is 3.57. The van der Waals surface area contributed by atoms with Gasteiger partial charge in [-0.05, 0) is 42.9 Å². The minimum absolute atomic E-state index is 0.0314. The summed E-state index contributed by atoms with van der Waals surface area (Å²) in [5, 5.41) is 15.4. The van der Waals surface area contributed by atoms with E-state index in [1.165, 1.54) is 6.07 Å². The van der Waals surface area contributed by atoms with Gasteiger partial charge in [-0.1, -0.05) is 25.0 Å². The number of benzene rings is 1. The van der Waals surface area contributed by atoms with Crippen LogP contribution in [0.2, 0.25) is 0 Å². The maximum absolute atomic E-state index is 13.7. The van der Waals surface area contributed by atoms with Crippen LogP contribution in [0.4, 0.5) is 9.18 Å². The molecule has 2 aliphatic rings. The Morgan fingerprint density at radius 3 is 2.86 bits per heavy atom. The quantitative estimate of drug-likeness (QED) is 0.801. The number of halogens is 1. The van der Waals surface area contributed by atoms with E-state index in [4.69, 9.17) is 0 Å². The number of rotatable bonds is 3. The third-order valence-electron chi connectivity index (χ3n) is 4.76. The van der Waals surface area contributed by atoms with E-state index in [0.717, 1.165) is 37.7 Å². The minimum atomic E-state index is -0.479.